The maximum Gasteiger partial charge on any atom is 0.416 e. The SMILES string of the molecule is O=c1[nH]c2ccc(C(F)(F)F)cc2n1-c1ccc(Cl)s1. The lowest BCUT2D eigenvalue weighted by atomic mass is 10.2. The van der Waals surface area contributed by atoms with Crippen LogP contribution in [0.3, 0.4) is 0 Å². The average molecular weight is 319 g/mol. The molecule has 20 heavy (non-hydrogen) atoms. The van der Waals surface area contributed by atoms with E-state index in [1.807, 2.05) is 0 Å². The molecule has 0 atom stereocenters. The first-order chi connectivity index (χ1) is 9.36. The number of nitrogens with zero attached hydrogens (tertiary/aromatic N) is 1. The van der Waals surface area contributed by atoms with Gasteiger partial charge >= 0.3 is 11.9 Å². The number of fused-ring (bicyclic) bond motifs is 1. The van der Waals surface area contributed by atoms with Crippen LogP contribution in [0.15, 0.2) is 35.1 Å². The summed E-state index contributed by atoms with van der Waals surface area (Å²) in [6.07, 6.45) is -4.46. The third-order valence-electron chi connectivity index (χ3n) is 2.79. The summed E-state index contributed by atoms with van der Waals surface area (Å²) in [5.74, 6) is 0. The average Bonchev–Trinajstić information content (AvgIpc) is 2.89. The van der Waals surface area contributed by atoms with Crippen molar-refractivity contribution in [3.05, 3.63) is 50.7 Å². The minimum absolute atomic E-state index is 0.170. The van der Waals surface area contributed by atoms with Crippen LogP contribution >= 0.6 is 22.9 Å². The van der Waals surface area contributed by atoms with Gasteiger partial charge in [-0.3, -0.25) is 4.57 Å². The Balaban J connectivity index is 2.31. The molecule has 1 aromatic carbocycles. The fraction of sp³-hybridized carbons (Fsp3) is 0.0833. The summed E-state index contributed by atoms with van der Waals surface area (Å²) >= 11 is 6.91. The number of H-pyrrole nitrogens is 1. The minimum Gasteiger partial charge on any atom is -0.305 e. The number of benzene rings is 1. The molecule has 0 radical (unpaired) electrons. The number of aromatic amines is 1. The van der Waals surface area contributed by atoms with E-state index in [0.717, 1.165) is 23.5 Å². The molecular formula is C12H6ClF3N2OS. The fourth-order valence-corrected chi connectivity index (χ4v) is 2.97. The molecule has 0 spiro atoms. The molecule has 3 nitrogen and oxygen atoms in total. The van der Waals surface area contributed by atoms with Crippen LogP contribution in [0, 0.1) is 0 Å². The highest BCUT2D eigenvalue weighted by Gasteiger charge is 2.31. The van der Waals surface area contributed by atoms with Crippen LogP contribution in [-0.4, -0.2) is 9.55 Å². The second-order valence-electron chi connectivity index (χ2n) is 4.07. The lowest BCUT2D eigenvalue weighted by molar-refractivity contribution is -0.137. The van der Waals surface area contributed by atoms with Gasteiger partial charge in [-0.1, -0.05) is 11.6 Å². The summed E-state index contributed by atoms with van der Waals surface area (Å²) in [7, 11) is 0. The smallest absolute Gasteiger partial charge is 0.305 e. The van der Waals surface area contributed by atoms with Gasteiger partial charge in [-0.05, 0) is 30.3 Å². The molecule has 0 aliphatic carbocycles. The number of alkyl halides is 3. The van der Waals surface area contributed by atoms with Crippen molar-refractivity contribution in [2.45, 2.75) is 6.18 Å². The lowest BCUT2D eigenvalue weighted by Gasteiger charge is -2.07. The maximum atomic E-state index is 12.7. The van der Waals surface area contributed by atoms with Crippen molar-refractivity contribution >= 4 is 34.0 Å². The molecule has 1 N–H and O–H groups in total. The predicted molar refractivity (Wildman–Crippen MR) is 71.8 cm³/mol. The van der Waals surface area contributed by atoms with E-state index in [2.05, 4.69) is 4.98 Å². The molecule has 0 saturated heterocycles. The molecule has 0 aliphatic rings. The van der Waals surface area contributed by atoms with E-state index >= 15 is 0 Å². The number of imidazole rings is 1. The van der Waals surface area contributed by atoms with Crippen LogP contribution in [0.1, 0.15) is 5.56 Å². The van der Waals surface area contributed by atoms with Crippen LogP contribution in [0.5, 0.6) is 0 Å². The first kappa shape index (κ1) is 13.3. The lowest BCUT2D eigenvalue weighted by Crippen LogP contribution is -2.13. The van der Waals surface area contributed by atoms with E-state index in [-0.39, 0.29) is 5.52 Å². The summed E-state index contributed by atoms with van der Waals surface area (Å²) in [4.78, 5) is 14.4. The van der Waals surface area contributed by atoms with Crippen LogP contribution in [0.25, 0.3) is 16.0 Å². The van der Waals surface area contributed by atoms with Crippen molar-refractivity contribution in [2.75, 3.05) is 0 Å². The Morgan fingerprint density at radius 2 is 1.95 bits per heavy atom. The minimum atomic E-state index is -4.46. The van der Waals surface area contributed by atoms with E-state index < -0.39 is 17.4 Å². The Labute approximate surface area is 119 Å². The van der Waals surface area contributed by atoms with Gasteiger partial charge in [-0.15, -0.1) is 11.3 Å². The highest BCUT2D eigenvalue weighted by molar-refractivity contribution is 7.18. The predicted octanol–water partition coefficient (Wildman–Crippen LogP) is 4.05. The molecule has 3 rings (SSSR count). The fourth-order valence-electron chi connectivity index (χ4n) is 1.92. The van der Waals surface area contributed by atoms with Crippen molar-refractivity contribution in [3.8, 4) is 5.00 Å². The zero-order chi connectivity index (χ0) is 14.5. The number of thiophene rings is 1. The van der Waals surface area contributed by atoms with Gasteiger partial charge in [0.15, 0.2) is 0 Å². The highest BCUT2D eigenvalue weighted by Crippen LogP contribution is 2.32. The first-order valence-electron chi connectivity index (χ1n) is 5.44. The Morgan fingerprint density at radius 3 is 2.55 bits per heavy atom. The van der Waals surface area contributed by atoms with Gasteiger partial charge in [0.2, 0.25) is 0 Å². The molecule has 0 bridgehead atoms. The third-order valence-corrected chi connectivity index (χ3v) is 4.01. The van der Waals surface area contributed by atoms with E-state index in [0.29, 0.717) is 14.9 Å². The van der Waals surface area contributed by atoms with Crippen molar-refractivity contribution < 1.29 is 13.2 Å². The van der Waals surface area contributed by atoms with Crippen LogP contribution in [-0.2, 0) is 6.18 Å². The highest BCUT2D eigenvalue weighted by atomic mass is 35.5. The standard InChI is InChI=1S/C12H6ClF3N2OS/c13-9-3-4-10(20-9)18-8-5-6(12(14,15)16)1-2-7(8)17-11(18)19/h1-5H,(H,17,19). The molecule has 104 valence electrons. The molecule has 2 aromatic heterocycles. The Kier molecular flexibility index (Phi) is 2.91. The molecule has 0 aliphatic heterocycles. The zero-order valence-corrected chi connectivity index (χ0v) is 11.2. The zero-order valence-electron chi connectivity index (χ0n) is 9.66. The Morgan fingerprint density at radius 1 is 1.20 bits per heavy atom. The second kappa shape index (κ2) is 4.39. The number of aromatic nitrogens is 2. The van der Waals surface area contributed by atoms with E-state index in [4.69, 9.17) is 11.6 Å². The topological polar surface area (TPSA) is 37.8 Å². The molecule has 8 heteroatoms. The van der Waals surface area contributed by atoms with Gasteiger partial charge < -0.3 is 4.98 Å². The molecule has 2 heterocycles. The van der Waals surface area contributed by atoms with Crippen molar-refractivity contribution in [2.24, 2.45) is 0 Å². The molecule has 0 amide bonds. The van der Waals surface area contributed by atoms with Crippen molar-refractivity contribution in [1.29, 1.82) is 0 Å². The van der Waals surface area contributed by atoms with Gasteiger partial charge in [0.25, 0.3) is 0 Å². The Hall–Kier alpha value is -1.73. The summed E-state index contributed by atoms with van der Waals surface area (Å²) < 4.78 is 39.9. The van der Waals surface area contributed by atoms with Crippen molar-refractivity contribution in [1.82, 2.24) is 9.55 Å². The third kappa shape index (κ3) is 2.12. The maximum absolute atomic E-state index is 12.7. The number of nitrogens with one attached hydrogen (secondary N) is 1. The molecule has 0 fully saturated rings. The molecule has 0 saturated carbocycles. The van der Waals surface area contributed by atoms with E-state index in [1.54, 1.807) is 12.1 Å². The summed E-state index contributed by atoms with van der Waals surface area (Å²) in [6.45, 7) is 0. The monoisotopic (exact) mass is 318 g/mol. The van der Waals surface area contributed by atoms with Crippen LogP contribution in [0.2, 0.25) is 4.34 Å². The quantitative estimate of drug-likeness (QED) is 0.722. The number of hydrogen-bond acceptors (Lipinski definition) is 2. The summed E-state index contributed by atoms with van der Waals surface area (Å²) in [5.41, 5.74) is -0.797. The largest absolute Gasteiger partial charge is 0.416 e. The number of halogens is 4. The van der Waals surface area contributed by atoms with Gasteiger partial charge in [-0.25, -0.2) is 4.79 Å². The molecule has 0 unspecified atom stereocenters. The first-order valence-corrected chi connectivity index (χ1v) is 6.63. The Bertz CT molecular complexity index is 846. The van der Waals surface area contributed by atoms with Crippen molar-refractivity contribution in [3.63, 3.8) is 0 Å². The second-order valence-corrected chi connectivity index (χ2v) is 5.77. The van der Waals surface area contributed by atoms with Gasteiger partial charge in [-0.2, -0.15) is 13.2 Å². The van der Waals surface area contributed by atoms with E-state index in [9.17, 15) is 18.0 Å². The number of rotatable bonds is 1. The van der Waals surface area contributed by atoms with Crippen LogP contribution < -0.4 is 5.69 Å². The number of hydrogen-bond donors (Lipinski definition) is 1. The summed E-state index contributed by atoms with van der Waals surface area (Å²) in [5, 5.41) is 0.463. The van der Waals surface area contributed by atoms with Gasteiger partial charge in [0, 0.05) is 0 Å². The van der Waals surface area contributed by atoms with E-state index in [1.165, 1.54) is 10.6 Å². The van der Waals surface area contributed by atoms with Crippen LogP contribution in [0.4, 0.5) is 13.2 Å². The normalized spacial score (nSPS) is 12.2. The van der Waals surface area contributed by atoms with Gasteiger partial charge in [0.05, 0.1) is 20.9 Å². The van der Waals surface area contributed by atoms with Gasteiger partial charge in [0.1, 0.15) is 5.00 Å². The summed E-state index contributed by atoms with van der Waals surface area (Å²) in [6, 6.07) is 6.29. The molecule has 3 aromatic rings. The molecular weight excluding hydrogens is 313 g/mol.